The van der Waals surface area contributed by atoms with Crippen LogP contribution in [0.3, 0.4) is 0 Å². The van der Waals surface area contributed by atoms with Gasteiger partial charge in [0.2, 0.25) is 0 Å². The van der Waals surface area contributed by atoms with Crippen molar-refractivity contribution in [2.75, 3.05) is 52.5 Å². The quantitative estimate of drug-likeness (QED) is 0.630. The van der Waals surface area contributed by atoms with Gasteiger partial charge in [0.15, 0.2) is 0 Å². The molecule has 1 aromatic carbocycles. The molecule has 2 heterocycles. The summed E-state index contributed by atoms with van der Waals surface area (Å²) < 4.78 is 35.9. The molecule has 0 aromatic heterocycles. The van der Waals surface area contributed by atoms with Crippen LogP contribution < -0.4 is 10.5 Å². The van der Waals surface area contributed by atoms with Gasteiger partial charge in [0.05, 0.1) is 18.9 Å². The van der Waals surface area contributed by atoms with Crippen LogP contribution in [0, 0.1) is 5.92 Å². The van der Waals surface area contributed by atoms with E-state index < -0.39 is 6.11 Å². The molecule has 2 aliphatic rings. The minimum atomic E-state index is -3.20. The molecule has 1 aromatic rings. The smallest absolute Gasteiger partial charge is 0.394 e. The molecule has 2 fully saturated rings. The highest BCUT2D eigenvalue weighted by molar-refractivity contribution is 6.00. The van der Waals surface area contributed by atoms with Crippen molar-refractivity contribution in [1.29, 1.82) is 0 Å². The second-order valence-electron chi connectivity index (χ2n) is 8.29. The van der Waals surface area contributed by atoms with Crippen LogP contribution in [0.25, 0.3) is 0 Å². The number of nitrogens with two attached hydrogens (primary N) is 1. The summed E-state index contributed by atoms with van der Waals surface area (Å²) in [6.45, 7) is 10.7. The highest BCUT2D eigenvalue weighted by Gasteiger charge is 2.25. The van der Waals surface area contributed by atoms with Crippen LogP contribution >= 0.6 is 0 Å². The monoisotopic (exact) mass is 436 g/mol. The molecule has 8 heteroatoms. The number of morpholine rings is 1. The van der Waals surface area contributed by atoms with Gasteiger partial charge in [-0.1, -0.05) is 0 Å². The molecule has 2 N–H and O–H groups in total. The number of aliphatic imine (C=N–C) groups is 1. The molecule has 0 unspecified atom stereocenters. The molecule has 0 spiro atoms. The molecule has 0 radical (unpaired) electrons. The average Bonchev–Trinajstić information content (AvgIpc) is 2.75. The molecular weight excluding hydrogens is 402 g/mol. The number of nitrogens with zero attached hydrogens (tertiary/aromatic N) is 3. The summed E-state index contributed by atoms with van der Waals surface area (Å²) in [7, 11) is 0. The SMILES string of the molecule is CC(=Nc1ccc(OC(C)(F)F)cc1)/C(=C\N)C1CCN(CCN2CCOCC2)CC1. The zero-order valence-electron chi connectivity index (χ0n) is 18.5. The summed E-state index contributed by atoms with van der Waals surface area (Å²) in [5, 5.41) is 0. The molecule has 6 nitrogen and oxygen atoms in total. The third kappa shape index (κ3) is 7.55. The number of piperidine rings is 1. The van der Waals surface area contributed by atoms with E-state index in [-0.39, 0.29) is 5.75 Å². The lowest BCUT2D eigenvalue weighted by atomic mass is 9.87. The number of hydrogen-bond acceptors (Lipinski definition) is 6. The number of halogens is 2. The molecule has 2 aliphatic heterocycles. The topological polar surface area (TPSA) is 63.3 Å². The van der Waals surface area contributed by atoms with Gasteiger partial charge in [0, 0.05) is 38.8 Å². The van der Waals surface area contributed by atoms with E-state index in [4.69, 9.17) is 10.5 Å². The Hall–Kier alpha value is -2.03. The first-order valence-electron chi connectivity index (χ1n) is 11.0. The molecule has 3 rings (SSSR count). The van der Waals surface area contributed by atoms with Crippen molar-refractivity contribution in [2.45, 2.75) is 32.8 Å². The first kappa shape index (κ1) is 23.6. The Kier molecular flexibility index (Phi) is 8.40. The van der Waals surface area contributed by atoms with Gasteiger partial charge in [0.1, 0.15) is 5.75 Å². The maximum atomic E-state index is 13.0. The van der Waals surface area contributed by atoms with Gasteiger partial charge in [-0.15, -0.1) is 0 Å². The summed E-state index contributed by atoms with van der Waals surface area (Å²) in [6, 6.07) is 6.35. The van der Waals surface area contributed by atoms with Gasteiger partial charge in [0.25, 0.3) is 0 Å². The molecular formula is C23H34F2N4O2. The Balaban J connectivity index is 1.51. The standard InChI is InChI=1S/C23H34F2N4O2/c1-18(27-20-3-5-21(6-4-20)31-23(2,24)25)22(17-26)19-7-9-28(10-8-19)11-12-29-13-15-30-16-14-29/h3-6,17,19H,7-16,26H2,1-2H3/b22-17+,27-18?. The fraction of sp³-hybridized carbons (Fsp3) is 0.609. The fourth-order valence-corrected chi connectivity index (χ4v) is 4.18. The zero-order chi connectivity index (χ0) is 22.3. The van der Waals surface area contributed by atoms with Crippen molar-refractivity contribution < 1.29 is 18.3 Å². The van der Waals surface area contributed by atoms with Crippen LogP contribution in [-0.2, 0) is 4.74 Å². The van der Waals surface area contributed by atoms with Crippen molar-refractivity contribution in [1.82, 2.24) is 9.80 Å². The fourth-order valence-electron chi connectivity index (χ4n) is 4.18. The highest BCUT2D eigenvalue weighted by Crippen LogP contribution is 2.28. The lowest BCUT2D eigenvalue weighted by molar-refractivity contribution is -0.158. The molecule has 31 heavy (non-hydrogen) atoms. The second kappa shape index (κ2) is 11.0. The third-order valence-corrected chi connectivity index (χ3v) is 5.89. The summed E-state index contributed by atoms with van der Waals surface area (Å²) in [6.07, 6.45) is 0.573. The van der Waals surface area contributed by atoms with Crippen LogP contribution in [0.1, 0.15) is 26.7 Å². The number of allylic oxidation sites excluding steroid dienone is 1. The van der Waals surface area contributed by atoms with E-state index in [0.29, 0.717) is 11.6 Å². The lowest BCUT2D eigenvalue weighted by Crippen LogP contribution is -2.43. The second-order valence-corrected chi connectivity index (χ2v) is 8.29. The largest absolute Gasteiger partial charge is 0.433 e. The van der Waals surface area contributed by atoms with E-state index in [1.165, 1.54) is 12.1 Å². The number of ether oxygens (including phenoxy) is 2. The highest BCUT2D eigenvalue weighted by atomic mass is 19.3. The minimum Gasteiger partial charge on any atom is -0.433 e. The maximum absolute atomic E-state index is 13.0. The Labute approximate surface area is 183 Å². The van der Waals surface area contributed by atoms with Crippen LogP contribution in [-0.4, -0.2) is 74.1 Å². The van der Waals surface area contributed by atoms with Crippen LogP contribution in [0.2, 0.25) is 0 Å². The average molecular weight is 437 g/mol. The molecule has 0 aliphatic carbocycles. The molecule has 0 amide bonds. The number of likely N-dealkylation sites (tertiary alicyclic amines) is 1. The number of benzene rings is 1. The molecule has 0 saturated carbocycles. The van der Waals surface area contributed by atoms with Gasteiger partial charge < -0.3 is 20.1 Å². The summed E-state index contributed by atoms with van der Waals surface area (Å²) in [5.41, 5.74) is 8.58. The minimum absolute atomic E-state index is 0.114. The Morgan fingerprint density at radius 3 is 2.26 bits per heavy atom. The number of rotatable bonds is 8. The Morgan fingerprint density at radius 2 is 1.71 bits per heavy atom. The maximum Gasteiger partial charge on any atom is 0.394 e. The van der Waals surface area contributed by atoms with Gasteiger partial charge in [-0.2, -0.15) is 8.78 Å². The van der Waals surface area contributed by atoms with Crippen molar-refractivity contribution >= 4 is 11.4 Å². The van der Waals surface area contributed by atoms with Crippen molar-refractivity contribution in [3.8, 4) is 5.75 Å². The van der Waals surface area contributed by atoms with E-state index in [1.807, 2.05) is 6.92 Å². The molecule has 2 saturated heterocycles. The predicted octanol–water partition coefficient (Wildman–Crippen LogP) is 3.66. The van der Waals surface area contributed by atoms with Crippen LogP contribution in [0.4, 0.5) is 14.5 Å². The lowest BCUT2D eigenvalue weighted by Gasteiger charge is -2.35. The van der Waals surface area contributed by atoms with Gasteiger partial charge in [-0.3, -0.25) is 9.89 Å². The van der Waals surface area contributed by atoms with E-state index in [9.17, 15) is 8.78 Å². The van der Waals surface area contributed by atoms with Crippen molar-refractivity contribution in [3.63, 3.8) is 0 Å². The normalized spacial score (nSPS) is 20.8. The Bertz CT molecular complexity index is 748. The number of alkyl halides is 2. The van der Waals surface area contributed by atoms with Gasteiger partial charge in [-0.05, 0) is 74.8 Å². The Morgan fingerprint density at radius 1 is 1.13 bits per heavy atom. The van der Waals surface area contributed by atoms with E-state index in [0.717, 1.165) is 83.5 Å². The summed E-state index contributed by atoms with van der Waals surface area (Å²) in [5.74, 6) is 0.498. The first-order valence-corrected chi connectivity index (χ1v) is 11.0. The molecule has 0 bridgehead atoms. The summed E-state index contributed by atoms with van der Waals surface area (Å²) >= 11 is 0. The first-order chi connectivity index (χ1) is 14.8. The van der Waals surface area contributed by atoms with Crippen molar-refractivity contribution in [2.24, 2.45) is 16.6 Å². The van der Waals surface area contributed by atoms with Crippen LogP contribution in [0.15, 0.2) is 41.0 Å². The molecule has 172 valence electrons. The third-order valence-electron chi connectivity index (χ3n) is 5.89. The predicted molar refractivity (Wildman–Crippen MR) is 119 cm³/mol. The van der Waals surface area contributed by atoms with Crippen molar-refractivity contribution in [3.05, 3.63) is 36.0 Å². The van der Waals surface area contributed by atoms with Gasteiger partial charge in [-0.25, -0.2) is 0 Å². The van der Waals surface area contributed by atoms with Crippen LogP contribution in [0.5, 0.6) is 5.75 Å². The van der Waals surface area contributed by atoms with E-state index in [1.54, 1.807) is 18.3 Å². The van der Waals surface area contributed by atoms with E-state index >= 15 is 0 Å². The summed E-state index contributed by atoms with van der Waals surface area (Å²) in [4.78, 5) is 9.64. The zero-order valence-corrected chi connectivity index (χ0v) is 18.5. The number of hydrogen-bond donors (Lipinski definition) is 1. The van der Waals surface area contributed by atoms with Gasteiger partial charge >= 0.3 is 6.11 Å². The molecule has 0 atom stereocenters. The van der Waals surface area contributed by atoms with E-state index in [2.05, 4.69) is 19.5 Å².